The van der Waals surface area contributed by atoms with Crippen molar-refractivity contribution in [3.8, 4) is 17.2 Å². The molecular formula is C21H25BrN2O4. The van der Waals surface area contributed by atoms with E-state index in [0.717, 1.165) is 15.7 Å². The lowest BCUT2D eigenvalue weighted by Gasteiger charge is -2.16. The molecule has 6 nitrogen and oxygen atoms in total. The molecule has 0 aliphatic heterocycles. The van der Waals surface area contributed by atoms with Crippen LogP contribution in [0, 0.1) is 0 Å². The molecule has 0 heterocycles. The minimum atomic E-state index is -0.147. The zero-order valence-corrected chi connectivity index (χ0v) is 17.9. The Labute approximate surface area is 174 Å². The molecule has 28 heavy (non-hydrogen) atoms. The van der Waals surface area contributed by atoms with Crippen molar-refractivity contribution in [1.82, 2.24) is 0 Å². The molecule has 2 rings (SSSR count). The van der Waals surface area contributed by atoms with Crippen molar-refractivity contribution in [2.75, 3.05) is 31.0 Å². The van der Waals surface area contributed by atoms with Gasteiger partial charge in [0.25, 0.3) is 0 Å². The van der Waals surface area contributed by atoms with Gasteiger partial charge < -0.3 is 24.8 Å². The van der Waals surface area contributed by atoms with Crippen LogP contribution in [0.4, 0.5) is 11.4 Å². The molecule has 1 amide bonds. The molecule has 0 fully saturated rings. The molecule has 0 saturated carbocycles. The summed E-state index contributed by atoms with van der Waals surface area (Å²) in [6.07, 6.45) is 1.69. The van der Waals surface area contributed by atoms with E-state index in [-0.39, 0.29) is 5.91 Å². The van der Waals surface area contributed by atoms with Gasteiger partial charge in [-0.3, -0.25) is 4.79 Å². The molecule has 2 aromatic carbocycles. The molecule has 0 aliphatic carbocycles. The van der Waals surface area contributed by atoms with Gasteiger partial charge in [0, 0.05) is 25.2 Å². The van der Waals surface area contributed by atoms with Gasteiger partial charge in [0.2, 0.25) is 5.91 Å². The van der Waals surface area contributed by atoms with Crippen molar-refractivity contribution in [3.63, 3.8) is 0 Å². The SMILES string of the molecule is C=CCOc1c(Br)cc(CNc2ccc(NC(C)=O)c(OC)c2)cc1OCC. The van der Waals surface area contributed by atoms with E-state index < -0.39 is 0 Å². The van der Waals surface area contributed by atoms with E-state index in [0.29, 0.717) is 42.7 Å². The van der Waals surface area contributed by atoms with Crippen LogP contribution in [0.25, 0.3) is 0 Å². The maximum Gasteiger partial charge on any atom is 0.221 e. The molecule has 0 atom stereocenters. The quantitative estimate of drug-likeness (QED) is 0.500. The van der Waals surface area contributed by atoms with Crippen molar-refractivity contribution in [3.05, 3.63) is 53.0 Å². The van der Waals surface area contributed by atoms with Crippen molar-refractivity contribution >= 4 is 33.2 Å². The number of carbonyl (C=O) groups is 1. The highest BCUT2D eigenvalue weighted by Gasteiger charge is 2.12. The summed E-state index contributed by atoms with van der Waals surface area (Å²) >= 11 is 3.55. The number of benzene rings is 2. The highest BCUT2D eigenvalue weighted by Crippen LogP contribution is 2.37. The van der Waals surface area contributed by atoms with E-state index in [9.17, 15) is 4.79 Å². The summed E-state index contributed by atoms with van der Waals surface area (Å²) in [4.78, 5) is 11.3. The minimum absolute atomic E-state index is 0.147. The van der Waals surface area contributed by atoms with Crippen molar-refractivity contribution in [2.45, 2.75) is 20.4 Å². The monoisotopic (exact) mass is 448 g/mol. The average Bonchev–Trinajstić information content (AvgIpc) is 2.66. The van der Waals surface area contributed by atoms with Crippen LogP contribution in [0.15, 0.2) is 47.5 Å². The van der Waals surface area contributed by atoms with Crippen LogP contribution in [0.3, 0.4) is 0 Å². The fourth-order valence-corrected chi connectivity index (χ4v) is 3.17. The van der Waals surface area contributed by atoms with Gasteiger partial charge in [-0.1, -0.05) is 12.7 Å². The first-order valence-corrected chi connectivity index (χ1v) is 9.66. The predicted molar refractivity (Wildman–Crippen MR) is 116 cm³/mol. The molecule has 0 unspecified atom stereocenters. The second-order valence-corrected chi connectivity index (χ2v) is 6.74. The van der Waals surface area contributed by atoms with E-state index in [4.69, 9.17) is 14.2 Å². The largest absolute Gasteiger partial charge is 0.494 e. The van der Waals surface area contributed by atoms with Crippen molar-refractivity contribution < 1.29 is 19.0 Å². The third-order valence-corrected chi connectivity index (χ3v) is 4.31. The fraction of sp³-hybridized carbons (Fsp3) is 0.286. The lowest BCUT2D eigenvalue weighted by molar-refractivity contribution is -0.114. The van der Waals surface area contributed by atoms with Gasteiger partial charge in [-0.2, -0.15) is 0 Å². The summed E-state index contributed by atoms with van der Waals surface area (Å²) in [5, 5.41) is 6.09. The molecule has 0 radical (unpaired) electrons. The number of anilines is 2. The van der Waals surface area contributed by atoms with Gasteiger partial charge in [0.15, 0.2) is 11.5 Å². The van der Waals surface area contributed by atoms with Crippen molar-refractivity contribution in [1.29, 1.82) is 0 Å². The van der Waals surface area contributed by atoms with Gasteiger partial charge in [-0.25, -0.2) is 0 Å². The summed E-state index contributed by atoms with van der Waals surface area (Å²) in [5.41, 5.74) is 2.52. The topological polar surface area (TPSA) is 68.8 Å². The number of hydrogen-bond donors (Lipinski definition) is 2. The van der Waals surface area contributed by atoms with Crippen LogP contribution in [0.5, 0.6) is 17.2 Å². The summed E-state index contributed by atoms with van der Waals surface area (Å²) < 4.78 is 17.6. The van der Waals surface area contributed by atoms with Crippen LogP contribution in [0.1, 0.15) is 19.4 Å². The number of ether oxygens (including phenoxy) is 3. The van der Waals surface area contributed by atoms with Gasteiger partial charge in [-0.15, -0.1) is 0 Å². The summed E-state index contributed by atoms with van der Waals surface area (Å²) in [6, 6.07) is 9.45. The van der Waals surface area contributed by atoms with Gasteiger partial charge in [0.05, 0.1) is 23.9 Å². The molecule has 2 aromatic rings. The second-order valence-electron chi connectivity index (χ2n) is 5.89. The Morgan fingerprint density at radius 2 is 2.00 bits per heavy atom. The smallest absolute Gasteiger partial charge is 0.221 e. The summed E-state index contributed by atoms with van der Waals surface area (Å²) in [7, 11) is 1.57. The predicted octanol–water partition coefficient (Wildman–Crippen LogP) is 4.99. The highest BCUT2D eigenvalue weighted by atomic mass is 79.9. The van der Waals surface area contributed by atoms with Crippen LogP contribution in [-0.4, -0.2) is 26.2 Å². The van der Waals surface area contributed by atoms with Gasteiger partial charge >= 0.3 is 0 Å². The molecular weight excluding hydrogens is 424 g/mol. The molecule has 2 N–H and O–H groups in total. The molecule has 0 aliphatic rings. The average molecular weight is 449 g/mol. The Morgan fingerprint density at radius 3 is 2.64 bits per heavy atom. The number of nitrogens with one attached hydrogen (secondary N) is 2. The number of halogens is 1. The lowest BCUT2D eigenvalue weighted by atomic mass is 10.2. The van der Waals surface area contributed by atoms with Crippen LogP contribution in [-0.2, 0) is 11.3 Å². The highest BCUT2D eigenvalue weighted by molar-refractivity contribution is 9.10. The van der Waals surface area contributed by atoms with Gasteiger partial charge in [-0.05, 0) is 52.7 Å². The van der Waals surface area contributed by atoms with E-state index in [1.54, 1.807) is 19.3 Å². The van der Waals surface area contributed by atoms with Crippen LogP contribution in [0.2, 0.25) is 0 Å². The number of methoxy groups -OCH3 is 1. The minimum Gasteiger partial charge on any atom is -0.494 e. The summed E-state index contributed by atoms with van der Waals surface area (Å²) in [6.45, 7) is 8.57. The molecule has 0 aromatic heterocycles. The normalized spacial score (nSPS) is 10.1. The van der Waals surface area contributed by atoms with E-state index >= 15 is 0 Å². The van der Waals surface area contributed by atoms with E-state index in [1.807, 2.05) is 31.2 Å². The van der Waals surface area contributed by atoms with Gasteiger partial charge in [0.1, 0.15) is 12.4 Å². The Morgan fingerprint density at radius 1 is 1.21 bits per heavy atom. The Bertz CT molecular complexity index is 839. The van der Waals surface area contributed by atoms with E-state index in [2.05, 4.69) is 33.1 Å². The number of hydrogen-bond acceptors (Lipinski definition) is 5. The third kappa shape index (κ3) is 5.92. The Hall–Kier alpha value is -2.67. The number of rotatable bonds is 10. The molecule has 7 heteroatoms. The van der Waals surface area contributed by atoms with Crippen molar-refractivity contribution in [2.24, 2.45) is 0 Å². The summed E-state index contributed by atoms with van der Waals surface area (Å²) in [5.74, 6) is 1.77. The molecule has 150 valence electrons. The fourth-order valence-electron chi connectivity index (χ4n) is 2.57. The van der Waals surface area contributed by atoms with E-state index in [1.165, 1.54) is 6.92 Å². The standard InChI is InChI=1S/C21H25BrN2O4/c1-5-9-28-21-17(22)10-15(11-20(21)27-6-2)13-23-16-7-8-18(24-14(3)25)19(12-16)26-4/h5,7-8,10-12,23H,1,6,9,13H2,2-4H3,(H,24,25). The zero-order valence-electron chi connectivity index (χ0n) is 16.3. The first-order valence-electron chi connectivity index (χ1n) is 8.86. The third-order valence-electron chi connectivity index (χ3n) is 3.72. The molecule has 0 spiro atoms. The van der Waals surface area contributed by atoms with Crippen LogP contribution < -0.4 is 24.8 Å². The Balaban J connectivity index is 2.17. The maximum atomic E-state index is 11.3. The lowest BCUT2D eigenvalue weighted by Crippen LogP contribution is -2.08. The molecule has 0 saturated heterocycles. The first-order chi connectivity index (χ1) is 13.5. The number of amides is 1. The second kappa shape index (κ2) is 10.6. The Kier molecular flexibility index (Phi) is 8.19. The maximum absolute atomic E-state index is 11.3. The number of carbonyl (C=O) groups excluding carboxylic acids is 1. The van der Waals surface area contributed by atoms with Crippen LogP contribution >= 0.6 is 15.9 Å². The zero-order chi connectivity index (χ0) is 20.5. The first kappa shape index (κ1) is 21.6. The molecule has 0 bridgehead atoms.